The standard InChI is InChI=1S/C20H28N2O5.ClH/c1-3-27-20(26)16(12-11-15-8-5-4-6-9-15)21-14(2)18(23)22-13-7-10-17(22)19(24)25;/h4-6,8-9,14,16-17,21H,3,7,10-13H2,1-2H3,(H,24,25);1H/t14-,16+,17-;/m0./s1/i2D3;. The lowest BCUT2D eigenvalue weighted by Gasteiger charge is -2.27. The van der Waals surface area contributed by atoms with Gasteiger partial charge in [-0.1, -0.05) is 30.3 Å². The van der Waals surface area contributed by atoms with Crippen molar-refractivity contribution in [1.82, 2.24) is 10.2 Å². The third kappa shape index (κ3) is 6.49. The van der Waals surface area contributed by atoms with Gasteiger partial charge < -0.3 is 14.7 Å². The Balaban J connectivity index is 0.00000480. The van der Waals surface area contributed by atoms with Crippen LogP contribution in [0.4, 0.5) is 0 Å². The van der Waals surface area contributed by atoms with Crippen LogP contribution in [0.1, 0.15) is 42.7 Å². The fourth-order valence-corrected chi connectivity index (χ4v) is 3.19. The molecule has 1 amide bonds. The van der Waals surface area contributed by atoms with Gasteiger partial charge in [0.2, 0.25) is 5.91 Å². The topological polar surface area (TPSA) is 95.9 Å². The predicted molar refractivity (Wildman–Crippen MR) is 107 cm³/mol. The van der Waals surface area contributed by atoms with Crippen LogP contribution in [0.15, 0.2) is 30.3 Å². The highest BCUT2D eigenvalue weighted by molar-refractivity contribution is 5.88. The molecule has 2 N–H and O–H groups in total. The number of benzene rings is 1. The lowest BCUT2D eigenvalue weighted by molar-refractivity contribution is -0.150. The molecule has 1 aliphatic rings. The van der Waals surface area contributed by atoms with Crippen molar-refractivity contribution in [3.63, 3.8) is 0 Å². The molecular formula is C20H29ClN2O5. The molecule has 0 aromatic heterocycles. The van der Waals surface area contributed by atoms with E-state index in [2.05, 4.69) is 5.32 Å². The number of nitrogens with zero attached hydrogens (tertiary/aromatic N) is 1. The molecule has 1 aromatic rings. The molecule has 0 saturated carbocycles. The maximum absolute atomic E-state index is 13.0. The average molecular weight is 416 g/mol. The Labute approximate surface area is 176 Å². The summed E-state index contributed by atoms with van der Waals surface area (Å²) in [4.78, 5) is 38.0. The van der Waals surface area contributed by atoms with Gasteiger partial charge in [-0.2, -0.15) is 0 Å². The molecule has 1 heterocycles. The summed E-state index contributed by atoms with van der Waals surface area (Å²) < 4.78 is 28.5. The fourth-order valence-electron chi connectivity index (χ4n) is 3.19. The molecule has 0 spiro atoms. The summed E-state index contributed by atoms with van der Waals surface area (Å²) in [6.45, 7) is -0.847. The zero-order valence-corrected chi connectivity index (χ0v) is 16.6. The quantitative estimate of drug-likeness (QED) is 0.599. The second-order valence-electron chi connectivity index (χ2n) is 6.46. The zero-order chi connectivity index (χ0) is 22.3. The zero-order valence-electron chi connectivity index (χ0n) is 18.8. The predicted octanol–water partition coefficient (Wildman–Crippen LogP) is 2.03. The Kier molecular flexibility index (Phi) is 8.00. The maximum Gasteiger partial charge on any atom is 0.326 e. The first-order chi connectivity index (χ1) is 14.1. The Morgan fingerprint density at radius 3 is 2.68 bits per heavy atom. The SMILES string of the molecule is Cl.[2H]C([2H])([2H])[C@H](N[C@H](CCc1ccccc1)C(=O)OCC)C(=O)N1CCC[C@H]1C(=O)O. The van der Waals surface area contributed by atoms with Gasteiger partial charge in [0.25, 0.3) is 0 Å². The van der Waals surface area contributed by atoms with Crippen molar-refractivity contribution in [3.8, 4) is 0 Å². The average Bonchev–Trinajstić information content (AvgIpc) is 3.18. The first kappa shape index (κ1) is 19.2. The summed E-state index contributed by atoms with van der Waals surface area (Å²) in [7, 11) is 0. The van der Waals surface area contributed by atoms with Crippen LogP contribution < -0.4 is 5.32 Å². The Morgan fingerprint density at radius 1 is 1.36 bits per heavy atom. The van der Waals surface area contributed by atoms with Crippen LogP contribution in [-0.4, -0.2) is 59.1 Å². The third-order valence-electron chi connectivity index (χ3n) is 4.57. The molecule has 1 saturated heterocycles. The lowest BCUT2D eigenvalue weighted by Crippen LogP contribution is -2.53. The normalized spacial score (nSPS) is 20.1. The number of halogens is 1. The molecule has 156 valence electrons. The van der Waals surface area contributed by atoms with Crippen molar-refractivity contribution in [2.45, 2.75) is 57.6 Å². The van der Waals surface area contributed by atoms with E-state index in [-0.39, 0.29) is 38.4 Å². The smallest absolute Gasteiger partial charge is 0.326 e. The van der Waals surface area contributed by atoms with Gasteiger partial charge >= 0.3 is 11.9 Å². The number of esters is 1. The maximum atomic E-state index is 13.0. The molecule has 0 radical (unpaired) electrons. The Hall–Kier alpha value is -2.12. The van der Waals surface area contributed by atoms with Crippen LogP contribution >= 0.6 is 12.4 Å². The number of carbonyl (C=O) groups excluding carboxylic acids is 2. The lowest BCUT2D eigenvalue weighted by atomic mass is 10.0. The number of hydrogen-bond acceptors (Lipinski definition) is 5. The number of nitrogens with one attached hydrogen (secondary N) is 1. The van der Waals surface area contributed by atoms with Gasteiger partial charge in [0.05, 0.1) is 12.6 Å². The minimum Gasteiger partial charge on any atom is -0.480 e. The van der Waals surface area contributed by atoms with Gasteiger partial charge in [-0.3, -0.25) is 14.9 Å². The monoisotopic (exact) mass is 415 g/mol. The third-order valence-corrected chi connectivity index (χ3v) is 4.57. The van der Waals surface area contributed by atoms with Crippen molar-refractivity contribution >= 4 is 30.3 Å². The highest BCUT2D eigenvalue weighted by Crippen LogP contribution is 2.19. The molecule has 0 aliphatic carbocycles. The van der Waals surface area contributed by atoms with Crippen molar-refractivity contribution < 1.29 is 28.3 Å². The van der Waals surface area contributed by atoms with Crippen molar-refractivity contribution in [2.75, 3.05) is 13.2 Å². The van der Waals surface area contributed by atoms with E-state index in [9.17, 15) is 19.5 Å². The van der Waals surface area contributed by atoms with Crippen LogP contribution in [0.3, 0.4) is 0 Å². The fraction of sp³-hybridized carbons (Fsp3) is 0.550. The van der Waals surface area contributed by atoms with E-state index in [4.69, 9.17) is 8.85 Å². The van der Waals surface area contributed by atoms with Crippen LogP contribution in [0.25, 0.3) is 0 Å². The number of carboxylic acids is 1. The van der Waals surface area contributed by atoms with E-state index in [1.165, 1.54) is 0 Å². The van der Waals surface area contributed by atoms with E-state index in [0.717, 1.165) is 10.5 Å². The van der Waals surface area contributed by atoms with Crippen LogP contribution in [0.5, 0.6) is 0 Å². The molecule has 0 bridgehead atoms. The van der Waals surface area contributed by atoms with E-state index < -0.39 is 42.8 Å². The first-order valence-electron chi connectivity index (χ1n) is 10.6. The van der Waals surface area contributed by atoms with Gasteiger partial charge in [0, 0.05) is 10.7 Å². The minimum atomic E-state index is -2.76. The van der Waals surface area contributed by atoms with E-state index in [1.807, 2.05) is 30.3 Å². The molecule has 3 atom stereocenters. The molecular weight excluding hydrogens is 384 g/mol. The van der Waals surface area contributed by atoms with E-state index in [0.29, 0.717) is 12.8 Å². The first-order valence-corrected chi connectivity index (χ1v) is 9.15. The molecule has 7 nitrogen and oxygen atoms in total. The Morgan fingerprint density at radius 2 is 2.07 bits per heavy atom. The number of amides is 1. The second kappa shape index (κ2) is 11.7. The van der Waals surface area contributed by atoms with Crippen molar-refractivity contribution in [2.24, 2.45) is 0 Å². The number of aliphatic carboxylic acids is 1. The largest absolute Gasteiger partial charge is 0.480 e. The van der Waals surface area contributed by atoms with E-state index in [1.54, 1.807) is 6.92 Å². The van der Waals surface area contributed by atoms with Gasteiger partial charge in [0.15, 0.2) is 0 Å². The molecule has 2 rings (SSSR count). The highest BCUT2D eigenvalue weighted by Gasteiger charge is 2.36. The van der Waals surface area contributed by atoms with Gasteiger partial charge in [-0.25, -0.2) is 4.79 Å². The number of hydrogen-bond donors (Lipinski definition) is 2. The van der Waals surface area contributed by atoms with Crippen LogP contribution in [-0.2, 0) is 25.5 Å². The summed E-state index contributed by atoms with van der Waals surface area (Å²) >= 11 is 0. The molecule has 1 aliphatic heterocycles. The van der Waals surface area contributed by atoms with Crippen LogP contribution in [0, 0.1) is 0 Å². The number of carboxylic acid groups (broad SMARTS) is 1. The summed E-state index contributed by atoms with van der Waals surface area (Å²) in [5, 5.41) is 12.0. The number of aryl methyl sites for hydroxylation is 1. The summed E-state index contributed by atoms with van der Waals surface area (Å²) in [5.41, 5.74) is 0.954. The van der Waals surface area contributed by atoms with Gasteiger partial charge in [0.1, 0.15) is 12.1 Å². The molecule has 1 fully saturated rings. The van der Waals surface area contributed by atoms with Crippen LogP contribution in [0.2, 0.25) is 0 Å². The Bertz CT molecular complexity index is 748. The summed E-state index contributed by atoms with van der Waals surface area (Å²) in [6, 6.07) is 5.56. The summed E-state index contributed by atoms with van der Waals surface area (Å²) in [6.07, 6.45) is 1.45. The highest BCUT2D eigenvalue weighted by atomic mass is 35.5. The molecule has 28 heavy (non-hydrogen) atoms. The molecule has 1 aromatic carbocycles. The van der Waals surface area contributed by atoms with Gasteiger partial charge in [-0.15, -0.1) is 12.4 Å². The number of rotatable bonds is 9. The number of carbonyl (C=O) groups is 3. The van der Waals surface area contributed by atoms with Crippen molar-refractivity contribution in [1.29, 1.82) is 0 Å². The van der Waals surface area contributed by atoms with E-state index >= 15 is 0 Å². The second-order valence-corrected chi connectivity index (χ2v) is 6.46. The van der Waals surface area contributed by atoms with Crippen molar-refractivity contribution in [3.05, 3.63) is 35.9 Å². The molecule has 0 unspecified atom stereocenters. The minimum absolute atomic E-state index is 0. The number of likely N-dealkylation sites (tertiary alicyclic amines) is 1. The summed E-state index contributed by atoms with van der Waals surface area (Å²) in [5.74, 6) is -2.66. The molecule has 8 heteroatoms. The number of ether oxygens (including phenoxy) is 1. The van der Waals surface area contributed by atoms with Gasteiger partial charge in [-0.05, 0) is 45.0 Å².